The van der Waals surface area contributed by atoms with Gasteiger partial charge in [-0.05, 0) is 18.9 Å². The van der Waals surface area contributed by atoms with Crippen LogP contribution < -0.4 is 4.90 Å². The first-order chi connectivity index (χ1) is 14.6. The summed E-state index contributed by atoms with van der Waals surface area (Å²) in [5, 5.41) is 15.6. The number of fused-ring (bicyclic) bond motifs is 2. The second-order valence-corrected chi connectivity index (χ2v) is 6.95. The van der Waals surface area contributed by atoms with Gasteiger partial charge in [0.25, 0.3) is 12.2 Å². The van der Waals surface area contributed by atoms with Crippen LogP contribution in [0.5, 0.6) is 0 Å². The third-order valence-corrected chi connectivity index (χ3v) is 4.96. The van der Waals surface area contributed by atoms with Crippen molar-refractivity contribution in [2.75, 3.05) is 11.4 Å². The van der Waals surface area contributed by atoms with Gasteiger partial charge >= 0.3 is 0 Å². The Morgan fingerprint density at radius 2 is 1.97 bits per heavy atom. The van der Waals surface area contributed by atoms with Crippen LogP contribution in [0.25, 0.3) is 11.2 Å². The highest BCUT2D eigenvalue weighted by Gasteiger charge is 2.30. The standard InChI is InChI=1S/C19H19N7O.CH2O2/c1-12-23-24-16-10-25(18-17-19(21-11-20-18)27-13(2)22-17)9-15(26(12)16)8-14-6-4-3-5-7-14;2-1-3/h3-7,11,15H,8-10H2,1-2H3;1H,(H,2,3)/t15-;/m1./s1. The first-order valence-electron chi connectivity index (χ1n) is 9.46. The van der Waals surface area contributed by atoms with E-state index in [1.165, 1.54) is 11.9 Å². The molecule has 0 aliphatic carbocycles. The average Bonchev–Trinajstić information content (AvgIpc) is 3.31. The zero-order valence-corrected chi connectivity index (χ0v) is 16.6. The zero-order valence-electron chi connectivity index (χ0n) is 16.6. The monoisotopic (exact) mass is 407 g/mol. The highest BCUT2D eigenvalue weighted by molar-refractivity contribution is 5.81. The molecule has 10 heteroatoms. The molecule has 0 amide bonds. The maximum Gasteiger partial charge on any atom is 0.290 e. The van der Waals surface area contributed by atoms with Gasteiger partial charge in [0, 0.05) is 13.5 Å². The molecule has 10 nitrogen and oxygen atoms in total. The van der Waals surface area contributed by atoms with Gasteiger partial charge in [0.05, 0.1) is 12.6 Å². The molecule has 1 atom stereocenters. The summed E-state index contributed by atoms with van der Waals surface area (Å²) in [6.07, 6.45) is 2.42. The van der Waals surface area contributed by atoms with E-state index in [9.17, 15) is 0 Å². The van der Waals surface area contributed by atoms with Crippen molar-refractivity contribution in [2.45, 2.75) is 32.9 Å². The Morgan fingerprint density at radius 3 is 2.73 bits per heavy atom. The van der Waals surface area contributed by atoms with Gasteiger partial charge in [-0.25, -0.2) is 9.97 Å². The maximum atomic E-state index is 8.36. The van der Waals surface area contributed by atoms with Crippen LogP contribution >= 0.6 is 0 Å². The maximum absolute atomic E-state index is 8.36. The lowest BCUT2D eigenvalue weighted by Gasteiger charge is -2.35. The fourth-order valence-electron chi connectivity index (χ4n) is 3.85. The lowest BCUT2D eigenvalue weighted by atomic mass is 10.0. The largest absolute Gasteiger partial charge is 0.483 e. The van der Waals surface area contributed by atoms with Crippen LogP contribution in [0.2, 0.25) is 0 Å². The summed E-state index contributed by atoms with van der Waals surface area (Å²) in [5.41, 5.74) is 2.49. The lowest BCUT2D eigenvalue weighted by molar-refractivity contribution is -0.122. The van der Waals surface area contributed by atoms with Crippen molar-refractivity contribution < 1.29 is 14.3 Å². The number of hydrogen-bond donors (Lipinski definition) is 1. The van der Waals surface area contributed by atoms with Gasteiger partial charge in [0.1, 0.15) is 12.2 Å². The molecule has 1 aliphatic rings. The van der Waals surface area contributed by atoms with Crippen LogP contribution in [-0.2, 0) is 17.8 Å². The van der Waals surface area contributed by atoms with Crippen molar-refractivity contribution in [1.29, 1.82) is 0 Å². The van der Waals surface area contributed by atoms with Gasteiger partial charge in [0.2, 0.25) is 0 Å². The number of carbonyl (C=O) groups is 1. The number of rotatable bonds is 3. The van der Waals surface area contributed by atoms with E-state index in [0.717, 1.165) is 30.4 Å². The first kappa shape index (κ1) is 19.5. The number of carboxylic acid groups (broad SMARTS) is 1. The van der Waals surface area contributed by atoms with Crippen molar-refractivity contribution >= 4 is 23.5 Å². The van der Waals surface area contributed by atoms with Crippen molar-refractivity contribution in [3.63, 3.8) is 0 Å². The van der Waals surface area contributed by atoms with Gasteiger partial charge in [-0.3, -0.25) is 4.79 Å². The minimum absolute atomic E-state index is 0.212. The molecule has 0 spiro atoms. The first-order valence-corrected chi connectivity index (χ1v) is 9.46. The molecular formula is C20H21N7O3. The van der Waals surface area contributed by atoms with E-state index in [0.29, 0.717) is 23.7 Å². The molecule has 0 saturated heterocycles. The molecule has 30 heavy (non-hydrogen) atoms. The highest BCUT2D eigenvalue weighted by Crippen LogP contribution is 2.31. The Balaban J connectivity index is 0.000000687. The minimum Gasteiger partial charge on any atom is -0.483 e. The van der Waals surface area contributed by atoms with Gasteiger partial charge in [0.15, 0.2) is 23.0 Å². The molecule has 3 aromatic heterocycles. The topological polar surface area (TPSA) is 123 Å². The number of anilines is 1. The predicted octanol–water partition coefficient (Wildman–Crippen LogP) is 2.33. The van der Waals surface area contributed by atoms with E-state index in [1.54, 1.807) is 0 Å². The Morgan fingerprint density at radius 1 is 1.20 bits per heavy atom. The number of aromatic nitrogens is 6. The van der Waals surface area contributed by atoms with E-state index in [4.69, 9.17) is 14.3 Å². The molecule has 154 valence electrons. The molecule has 5 rings (SSSR count). The number of aryl methyl sites for hydroxylation is 2. The Bertz CT molecular complexity index is 1160. The Hall–Kier alpha value is -3.82. The summed E-state index contributed by atoms with van der Waals surface area (Å²) in [7, 11) is 0. The van der Waals surface area contributed by atoms with Crippen LogP contribution in [0.15, 0.2) is 41.1 Å². The summed E-state index contributed by atoms with van der Waals surface area (Å²) >= 11 is 0. The molecule has 0 fully saturated rings. The van der Waals surface area contributed by atoms with E-state index in [-0.39, 0.29) is 12.5 Å². The minimum atomic E-state index is -0.250. The van der Waals surface area contributed by atoms with Gasteiger partial charge in [-0.2, -0.15) is 4.98 Å². The highest BCUT2D eigenvalue weighted by atomic mass is 16.4. The molecule has 0 unspecified atom stereocenters. The Labute approximate surface area is 172 Å². The fraction of sp³-hybridized carbons (Fsp3) is 0.300. The van der Waals surface area contributed by atoms with Crippen LogP contribution in [0, 0.1) is 13.8 Å². The van der Waals surface area contributed by atoms with Crippen LogP contribution in [-0.4, -0.2) is 47.8 Å². The number of benzene rings is 1. The van der Waals surface area contributed by atoms with Gasteiger partial charge < -0.3 is 19.0 Å². The van der Waals surface area contributed by atoms with Crippen molar-refractivity contribution in [3.05, 3.63) is 59.8 Å². The van der Waals surface area contributed by atoms with Crippen LogP contribution in [0.3, 0.4) is 0 Å². The third-order valence-electron chi connectivity index (χ3n) is 4.96. The SMILES string of the molecule is Cc1nc2c(N3Cc4nnc(C)n4[C@H](Cc4ccccc4)C3)ncnc2o1.O=CO. The molecule has 0 bridgehead atoms. The van der Waals surface area contributed by atoms with Crippen LogP contribution in [0.1, 0.15) is 29.1 Å². The van der Waals surface area contributed by atoms with E-state index in [1.807, 2.05) is 19.9 Å². The predicted molar refractivity (Wildman–Crippen MR) is 108 cm³/mol. The van der Waals surface area contributed by atoms with E-state index in [2.05, 4.69) is 58.9 Å². The second-order valence-electron chi connectivity index (χ2n) is 6.95. The van der Waals surface area contributed by atoms with Gasteiger partial charge in [-0.1, -0.05) is 30.3 Å². The normalized spacial score (nSPS) is 15.4. The molecule has 0 radical (unpaired) electrons. The molecule has 4 aromatic rings. The van der Waals surface area contributed by atoms with Crippen LogP contribution in [0.4, 0.5) is 5.82 Å². The summed E-state index contributed by atoms with van der Waals surface area (Å²) < 4.78 is 7.82. The summed E-state index contributed by atoms with van der Waals surface area (Å²) in [6.45, 7) is 5.00. The number of nitrogens with zero attached hydrogens (tertiary/aromatic N) is 7. The lowest BCUT2D eigenvalue weighted by Crippen LogP contribution is -2.39. The van der Waals surface area contributed by atoms with Crippen molar-refractivity contribution in [1.82, 2.24) is 29.7 Å². The zero-order chi connectivity index (χ0) is 21.1. The van der Waals surface area contributed by atoms with Crippen molar-refractivity contribution in [3.8, 4) is 0 Å². The average molecular weight is 407 g/mol. The van der Waals surface area contributed by atoms with Gasteiger partial charge in [-0.15, -0.1) is 10.2 Å². The van der Waals surface area contributed by atoms with E-state index < -0.39 is 0 Å². The van der Waals surface area contributed by atoms with Crippen molar-refractivity contribution in [2.24, 2.45) is 0 Å². The molecule has 0 saturated carbocycles. The number of hydrogen-bond acceptors (Lipinski definition) is 8. The smallest absolute Gasteiger partial charge is 0.290 e. The third kappa shape index (κ3) is 3.71. The summed E-state index contributed by atoms with van der Waals surface area (Å²) in [5.74, 6) is 3.24. The summed E-state index contributed by atoms with van der Waals surface area (Å²) in [6, 6.07) is 10.7. The second kappa shape index (κ2) is 8.27. The number of oxazole rings is 1. The molecule has 1 aromatic carbocycles. The summed E-state index contributed by atoms with van der Waals surface area (Å²) in [4.78, 5) is 23.7. The molecule has 1 aliphatic heterocycles. The Kier molecular flexibility index (Phi) is 5.38. The van der Waals surface area contributed by atoms with E-state index >= 15 is 0 Å². The molecule has 4 heterocycles. The fourth-order valence-corrected chi connectivity index (χ4v) is 3.85. The molecular weight excluding hydrogens is 386 g/mol. The quantitative estimate of drug-likeness (QED) is 0.510. The molecule has 1 N–H and O–H groups in total.